The van der Waals surface area contributed by atoms with E-state index >= 15 is 0 Å². The highest BCUT2D eigenvalue weighted by atomic mass is 16.5. The van der Waals surface area contributed by atoms with E-state index in [1.807, 2.05) is 54.6 Å². The highest BCUT2D eigenvalue weighted by Crippen LogP contribution is 2.37. The maximum absolute atomic E-state index is 12.8. The number of fused-ring (bicyclic) bond motifs is 3. The Morgan fingerprint density at radius 3 is 2.44 bits per heavy atom. The molecule has 0 saturated carbocycles. The van der Waals surface area contributed by atoms with E-state index in [4.69, 9.17) is 14.7 Å². The van der Waals surface area contributed by atoms with Crippen LogP contribution < -0.4 is 10.1 Å². The third-order valence-electron chi connectivity index (χ3n) is 6.18. The average molecular weight is 450 g/mol. The summed E-state index contributed by atoms with van der Waals surface area (Å²) in [6.45, 7) is 0. The van der Waals surface area contributed by atoms with Gasteiger partial charge < -0.3 is 10.1 Å². The number of carbonyl (C=O) groups is 1. The van der Waals surface area contributed by atoms with E-state index in [0.29, 0.717) is 17.9 Å². The average Bonchev–Trinajstić information content (AvgIpc) is 2.89. The van der Waals surface area contributed by atoms with Crippen molar-refractivity contribution in [3.05, 3.63) is 95.7 Å². The van der Waals surface area contributed by atoms with Crippen LogP contribution in [0, 0.1) is 0 Å². The lowest BCUT2D eigenvalue weighted by Gasteiger charge is -2.21. The summed E-state index contributed by atoms with van der Waals surface area (Å²) in [6, 6.07) is 26.2. The topological polar surface area (TPSA) is 64.1 Å². The first-order valence-electron chi connectivity index (χ1n) is 11.7. The number of amides is 1. The summed E-state index contributed by atoms with van der Waals surface area (Å²) in [5.74, 6) is 1.34. The fraction of sp³-hybridized carbons (Fsp3) is 0.207. The van der Waals surface area contributed by atoms with Crippen LogP contribution in [0.2, 0.25) is 0 Å². The second kappa shape index (κ2) is 9.87. The van der Waals surface area contributed by atoms with Gasteiger partial charge >= 0.3 is 0 Å². The molecule has 170 valence electrons. The first kappa shape index (κ1) is 21.8. The number of nitrogens with one attached hydrogen (secondary N) is 1. The van der Waals surface area contributed by atoms with Crippen LogP contribution in [0.25, 0.3) is 22.5 Å². The predicted octanol–water partition coefficient (Wildman–Crippen LogP) is 5.88. The van der Waals surface area contributed by atoms with E-state index in [9.17, 15) is 4.79 Å². The third-order valence-corrected chi connectivity index (χ3v) is 6.18. The van der Waals surface area contributed by atoms with E-state index in [1.54, 1.807) is 7.11 Å². The molecule has 1 N–H and O–H groups in total. The standard InChI is InChI=1S/C29H27N3O2/c1-34-23-16-17-24-22(19-23)15-18-25-28(24)32-27(21-12-6-3-7-13-21)29(30-25)31-26(33)14-8-11-20-9-4-2-5-10-20/h2-7,9-10,12-13,16-17,19H,8,11,14-15,18H2,1H3,(H,30,31,33). The molecule has 0 unspecified atom stereocenters. The number of anilines is 1. The number of nitrogens with zero attached hydrogens (tertiary/aromatic N) is 2. The molecule has 3 aromatic carbocycles. The Labute approximate surface area is 199 Å². The largest absolute Gasteiger partial charge is 0.497 e. The van der Waals surface area contributed by atoms with Gasteiger partial charge in [-0.15, -0.1) is 0 Å². The molecule has 34 heavy (non-hydrogen) atoms. The van der Waals surface area contributed by atoms with Crippen LogP contribution in [0.4, 0.5) is 5.82 Å². The predicted molar refractivity (Wildman–Crippen MR) is 135 cm³/mol. The van der Waals surface area contributed by atoms with E-state index in [0.717, 1.165) is 53.9 Å². The minimum absolute atomic E-state index is 0.0386. The fourth-order valence-electron chi connectivity index (χ4n) is 4.42. The lowest BCUT2D eigenvalue weighted by atomic mass is 9.91. The number of hydrogen-bond donors (Lipinski definition) is 1. The second-order valence-electron chi connectivity index (χ2n) is 8.49. The van der Waals surface area contributed by atoms with Crippen molar-refractivity contribution in [2.75, 3.05) is 12.4 Å². The molecular formula is C29H27N3O2. The minimum Gasteiger partial charge on any atom is -0.497 e. The summed E-state index contributed by atoms with van der Waals surface area (Å²) < 4.78 is 5.40. The first-order valence-corrected chi connectivity index (χ1v) is 11.7. The zero-order valence-corrected chi connectivity index (χ0v) is 19.3. The molecule has 0 atom stereocenters. The molecule has 4 aromatic rings. The molecule has 0 spiro atoms. The van der Waals surface area contributed by atoms with Crippen molar-refractivity contribution >= 4 is 11.7 Å². The zero-order valence-electron chi connectivity index (χ0n) is 19.3. The van der Waals surface area contributed by atoms with Crippen LogP contribution >= 0.6 is 0 Å². The van der Waals surface area contributed by atoms with Crippen LogP contribution in [0.5, 0.6) is 5.75 Å². The monoisotopic (exact) mass is 449 g/mol. The van der Waals surface area contributed by atoms with Gasteiger partial charge in [0.1, 0.15) is 11.4 Å². The second-order valence-corrected chi connectivity index (χ2v) is 8.49. The summed E-state index contributed by atoms with van der Waals surface area (Å²) in [6.07, 6.45) is 3.72. The van der Waals surface area contributed by atoms with Gasteiger partial charge in [-0.25, -0.2) is 9.97 Å². The van der Waals surface area contributed by atoms with Crippen LogP contribution in [0.15, 0.2) is 78.9 Å². The Hall–Kier alpha value is -3.99. The third kappa shape index (κ3) is 4.69. The molecule has 1 heterocycles. The molecule has 0 aliphatic heterocycles. The molecule has 1 amide bonds. The lowest BCUT2D eigenvalue weighted by Crippen LogP contribution is -2.17. The molecule has 0 saturated heterocycles. The van der Waals surface area contributed by atoms with Gasteiger partial charge in [0.15, 0.2) is 5.82 Å². The lowest BCUT2D eigenvalue weighted by molar-refractivity contribution is -0.116. The van der Waals surface area contributed by atoms with Crippen LogP contribution in [0.1, 0.15) is 29.7 Å². The number of rotatable bonds is 7. The van der Waals surface area contributed by atoms with Gasteiger partial charge in [0.2, 0.25) is 5.91 Å². The minimum atomic E-state index is -0.0386. The quantitative estimate of drug-likeness (QED) is 0.383. The maximum atomic E-state index is 12.8. The number of aromatic nitrogens is 2. The van der Waals surface area contributed by atoms with Gasteiger partial charge in [-0.2, -0.15) is 0 Å². The number of carbonyl (C=O) groups excluding carboxylic acids is 1. The van der Waals surface area contributed by atoms with Gasteiger partial charge in [0.05, 0.1) is 18.5 Å². The van der Waals surface area contributed by atoms with Crippen molar-refractivity contribution in [2.45, 2.75) is 32.1 Å². The van der Waals surface area contributed by atoms with Crippen molar-refractivity contribution in [3.8, 4) is 28.3 Å². The SMILES string of the molecule is COc1ccc2c(c1)CCc1nc(NC(=O)CCCc3ccccc3)c(-c3ccccc3)nc1-2. The number of benzene rings is 3. The zero-order chi connectivity index (χ0) is 23.3. The number of methoxy groups -OCH3 is 1. The van der Waals surface area contributed by atoms with Gasteiger partial charge in [-0.1, -0.05) is 60.7 Å². The summed E-state index contributed by atoms with van der Waals surface area (Å²) in [7, 11) is 1.68. The molecule has 1 aliphatic rings. The maximum Gasteiger partial charge on any atom is 0.225 e. The van der Waals surface area contributed by atoms with Crippen molar-refractivity contribution in [3.63, 3.8) is 0 Å². The molecule has 0 fully saturated rings. The van der Waals surface area contributed by atoms with Gasteiger partial charge in [0, 0.05) is 17.5 Å². The molecule has 1 aromatic heterocycles. The first-order chi connectivity index (χ1) is 16.7. The van der Waals surface area contributed by atoms with Crippen molar-refractivity contribution in [1.29, 1.82) is 0 Å². The van der Waals surface area contributed by atoms with Crippen LogP contribution in [0.3, 0.4) is 0 Å². The normalized spacial score (nSPS) is 11.9. The Morgan fingerprint density at radius 2 is 1.68 bits per heavy atom. The Morgan fingerprint density at radius 1 is 0.912 bits per heavy atom. The van der Waals surface area contributed by atoms with Gasteiger partial charge in [-0.3, -0.25) is 4.79 Å². The summed E-state index contributed by atoms with van der Waals surface area (Å²) >= 11 is 0. The van der Waals surface area contributed by atoms with Gasteiger partial charge in [-0.05, 0) is 55.0 Å². The van der Waals surface area contributed by atoms with E-state index in [2.05, 4.69) is 29.6 Å². The van der Waals surface area contributed by atoms with E-state index in [-0.39, 0.29) is 5.91 Å². The van der Waals surface area contributed by atoms with Crippen molar-refractivity contribution in [1.82, 2.24) is 9.97 Å². The Bertz CT molecular complexity index is 1300. The fourth-order valence-corrected chi connectivity index (χ4v) is 4.42. The Balaban J connectivity index is 1.43. The highest BCUT2D eigenvalue weighted by Gasteiger charge is 2.23. The number of ether oxygens (including phenoxy) is 1. The molecule has 0 radical (unpaired) electrons. The van der Waals surface area contributed by atoms with Crippen molar-refractivity contribution in [2.24, 2.45) is 0 Å². The van der Waals surface area contributed by atoms with Gasteiger partial charge in [0.25, 0.3) is 0 Å². The Kier molecular flexibility index (Phi) is 6.34. The molecular weight excluding hydrogens is 422 g/mol. The smallest absolute Gasteiger partial charge is 0.225 e. The van der Waals surface area contributed by atoms with Crippen LogP contribution in [-0.4, -0.2) is 23.0 Å². The highest BCUT2D eigenvalue weighted by molar-refractivity contribution is 5.93. The van der Waals surface area contributed by atoms with Crippen molar-refractivity contribution < 1.29 is 9.53 Å². The molecule has 0 bridgehead atoms. The molecule has 5 nitrogen and oxygen atoms in total. The van der Waals surface area contributed by atoms with Crippen LogP contribution in [-0.2, 0) is 24.1 Å². The summed E-state index contributed by atoms with van der Waals surface area (Å²) in [5.41, 5.74) is 6.94. The molecule has 1 aliphatic carbocycles. The summed E-state index contributed by atoms with van der Waals surface area (Å²) in [5, 5.41) is 3.06. The summed E-state index contributed by atoms with van der Waals surface area (Å²) in [4.78, 5) is 22.8. The number of aryl methyl sites for hydroxylation is 3. The number of hydrogen-bond acceptors (Lipinski definition) is 4. The van der Waals surface area contributed by atoms with E-state index in [1.165, 1.54) is 11.1 Å². The molecule has 5 rings (SSSR count). The van der Waals surface area contributed by atoms with E-state index < -0.39 is 0 Å². The molecule has 5 heteroatoms.